The fourth-order valence-corrected chi connectivity index (χ4v) is 1.44. The van der Waals surface area contributed by atoms with E-state index in [-0.39, 0.29) is 6.07 Å². The number of H-pyrrole nitrogens is 1. The molecule has 2 nitrogen and oxygen atoms in total. The van der Waals surface area contributed by atoms with Gasteiger partial charge in [0, 0.05) is 6.20 Å². The number of hydrogen-bond acceptors (Lipinski definition) is 1. The van der Waals surface area contributed by atoms with E-state index in [9.17, 15) is 30.6 Å². The Morgan fingerprint density at radius 2 is 1.67 bits per heavy atom. The van der Waals surface area contributed by atoms with E-state index in [1.54, 1.807) is 4.98 Å². The third-order valence-electron chi connectivity index (χ3n) is 1.39. The van der Waals surface area contributed by atoms with Crippen molar-refractivity contribution in [3.63, 3.8) is 0 Å². The van der Waals surface area contributed by atoms with Crippen LogP contribution in [-0.4, -0.2) is 14.7 Å². The van der Waals surface area contributed by atoms with Crippen LogP contribution >= 0.6 is 0 Å². The maximum absolute atomic E-state index is 11.9. The lowest BCUT2D eigenvalue weighted by atomic mass is 10.4. The van der Waals surface area contributed by atoms with Crippen molar-refractivity contribution in [2.75, 3.05) is 0 Å². The van der Waals surface area contributed by atoms with Gasteiger partial charge in [-0.2, -0.15) is 26.3 Å². The highest BCUT2D eigenvalue weighted by atomic mass is 32.2. The SMILES string of the molecule is O=S(c1c[nH]c(C(F)(F)F)c1)C(F)(F)F. The molecule has 15 heavy (non-hydrogen) atoms. The quantitative estimate of drug-likeness (QED) is 0.765. The van der Waals surface area contributed by atoms with Crippen molar-refractivity contribution < 1.29 is 30.6 Å². The number of halogens is 6. The van der Waals surface area contributed by atoms with E-state index >= 15 is 0 Å². The first-order valence-electron chi connectivity index (χ1n) is 3.36. The molecule has 9 heteroatoms. The van der Waals surface area contributed by atoms with Crippen molar-refractivity contribution in [3.8, 4) is 0 Å². The first kappa shape index (κ1) is 12.1. The molecule has 0 amide bonds. The van der Waals surface area contributed by atoms with Crippen LogP contribution in [0.4, 0.5) is 26.3 Å². The summed E-state index contributed by atoms with van der Waals surface area (Å²) in [4.78, 5) is 0.631. The molecule has 0 saturated heterocycles. The summed E-state index contributed by atoms with van der Waals surface area (Å²) in [6.07, 6.45) is -4.36. The van der Waals surface area contributed by atoms with Crippen molar-refractivity contribution in [3.05, 3.63) is 18.0 Å². The molecule has 0 radical (unpaired) electrons. The average Bonchev–Trinajstić information content (AvgIpc) is 2.47. The Bertz CT molecular complexity index is 378. The Kier molecular flexibility index (Phi) is 2.85. The molecule has 0 aliphatic carbocycles. The van der Waals surface area contributed by atoms with E-state index in [4.69, 9.17) is 0 Å². The molecule has 86 valence electrons. The third-order valence-corrected chi connectivity index (χ3v) is 2.47. The van der Waals surface area contributed by atoms with E-state index in [0.29, 0.717) is 6.20 Å². The maximum Gasteiger partial charge on any atom is 0.475 e. The number of rotatable bonds is 1. The van der Waals surface area contributed by atoms with Gasteiger partial charge in [0.15, 0.2) is 10.8 Å². The summed E-state index contributed by atoms with van der Waals surface area (Å²) in [5.74, 6) is 0. The van der Waals surface area contributed by atoms with Crippen LogP contribution in [0.2, 0.25) is 0 Å². The zero-order valence-corrected chi connectivity index (χ0v) is 7.56. The minimum absolute atomic E-state index is 0.170. The van der Waals surface area contributed by atoms with E-state index < -0.39 is 33.1 Å². The molecule has 0 aliphatic heterocycles. The minimum Gasteiger partial charge on any atom is -0.356 e. The minimum atomic E-state index is -5.06. The van der Waals surface area contributed by atoms with Crippen LogP contribution in [0.15, 0.2) is 17.2 Å². The van der Waals surface area contributed by atoms with Crippen LogP contribution in [0.3, 0.4) is 0 Å². The second-order valence-electron chi connectivity index (χ2n) is 2.46. The highest BCUT2D eigenvalue weighted by Gasteiger charge is 2.40. The molecule has 0 spiro atoms. The van der Waals surface area contributed by atoms with Crippen LogP contribution < -0.4 is 0 Å². The van der Waals surface area contributed by atoms with E-state index in [1.807, 2.05) is 0 Å². The smallest absolute Gasteiger partial charge is 0.356 e. The number of aromatic amines is 1. The summed E-state index contributed by atoms with van der Waals surface area (Å²) in [6, 6.07) is 0.170. The lowest BCUT2D eigenvalue weighted by Gasteiger charge is -2.03. The molecule has 1 unspecified atom stereocenters. The topological polar surface area (TPSA) is 32.9 Å². The molecule has 1 atom stereocenters. The Hall–Kier alpha value is -0.990. The van der Waals surface area contributed by atoms with Gasteiger partial charge >= 0.3 is 11.7 Å². The summed E-state index contributed by atoms with van der Waals surface area (Å²) in [5.41, 5.74) is -6.43. The summed E-state index contributed by atoms with van der Waals surface area (Å²) < 4.78 is 82.0. The van der Waals surface area contributed by atoms with Crippen LogP contribution in [0.5, 0.6) is 0 Å². The Labute approximate surface area is 81.7 Å². The molecule has 1 aromatic heterocycles. The maximum atomic E-state index is 11.9. The second-order valence-corrected chi connectivity index (χ2v) is 3.93. The standard InChI is InChI=1S/C6H3F6NOS/c7-5(8,9)4-1-3(2-13-4)15(14)6(10,11)12/h1-2,13H. The normalized spacial score (nSPS) is 15.3. The van der Waals surface area contributed by atoms with Gasteiger partial charge in [0.2, 0.25) is 0 Å². The number of hydrogen-bond donors (Lipinski definition) is 1. The first-order valence-corrected chi connectivity index (χ1v) is 4.51. The van der Waals surface area contributed by atoms with Gasteiger partial charge in [-0.15, -0.1) is 0 Å². The Morgan fingerprint density at radius 1 is 1.13 bits per heavy atom. The Morgan fingerprint density at radius 3 is 2.00 bits per heavy atom. The molecule has 0 aromatic carbocycles. The number of nitrogens with one attached hydrogen (secondary N) is 1. The van der Waals surface area contributed by atoms with Crippen molar-refractivity contribution >= 4 is 10.8 Å². The van der Waals surface area contributed by atoms with E-state index in [2.05, 4.69) is 0 Å². The molecule has 1 heterocycles. The van der Waals surface area contributed by atoms with E-state index in [0.717, 1.165) is 0 Å². The first-order chi connectivity index (χ1) is 6.62. The highest BCUT2D eigenvalue weighted by molar-refractivity contribution is 7.86. The van der Waals surface area contributed by atoms with Crippen molar-refractivity contribution in [2.24, 2.45) is 0 Å². The van der Waals surface area contributed by atoms with Crippen molar-refractivity contribution in [1.29, 1.82) is 0 Å². The van der Waals surface area contributed by atoms with Gasteiger partial charge in [0.1, 0.15) is 5.69 Å². The predicted molar refractivity (Wildman–Crippen MR) is 38.3 cm³/mol. The molecular formula is C6H3F6NOS. The van der Waals surface area contributed by atoms with Gasteiger partial charge in [-0.1, -0.05) is 0 Å². The van der Waals surface area contributed by atoms with Crippen molar-refractivity contribution in [2.45, 2.75) is 16.6 Å². The molecule has 0 saturated carbocycles. The zero-order valence-electron chi connectivity index (χ0n) is 6.74. The summed E-state index contributed by atoms with van der Waals surface area (Å²) in [7, 11) is -3.45. The van der Waals surface area contributed by atoms with Crippen LogP contribution in [0, 0.1) is 0 Å². The fraction of sp³-hybridized carbons (Fsp3) is 0.333. The van der Waals surface area contributed by atoms with Crippen LogP contribution in [-0.2, 0) is 17.0 Å². The van der Waals surface area contributed by atoms with Gasteiger partial charge in [0.25, 0.3) is 0 Å². The van der Waals surface area contributed by atoms with Gasteiger partial charge in [-0.3, -0.25) is 0 Å². The second kappa shape index (κ2) is 3.54. The van der Waals surface area contributed by atoms with E-state index in [1.165, 1.54) is 0 Å². The van der Waals surface area contributed by atoms with Gasteiger partial charge in [0.05, 0.1) is 4.90 Å². The molecule has 0 bridgehead atoms. The average molecular weight is 251 g/mol. The van der Waals surface area contributed by atoms with Crippen molar-refractivity contribution in [1.82, 2.24) is 4.98 Å². The molecule has 1 aromatic rings. The van der Waals surface area contributed by atoms with Gasteiger partial charge in [-0.25, -0.2) is 4.21 Å². The van der Waals surface area contributed by atoms with Gasteiger partial charge in [-0.05, 0) is 6.07 Å². The van der Waals surface area contributed by atoms with Gasteiger partial charge < -0.3 is 4.98 Å². The fourth-order valence-electron chi connectivity index (χ4n) is 0.779. The Balaban J connectivity index is 3.01. The molecule has 1 rings (SSSR count). The van der Waals surface area contributed by atoms with Crippen LogP contribution in [0.25, 0.3) is 0 Å². The monoisotopic (exact) mass is 251 g/mol. The summed E-state index contributed by atoms with van der Waals surface area (Å²) in [6.45, 7) is 0. The predicted octanol–water partition coefficient (Wildman–Crippen LogP) is 2.66. The number of aromatic nitrogens is 1. The molecule has 1 N–H and O–H groups in total. The summed E-state index contributed by atoms with van der Waals surface area (Å²) in [5, 5.41) is 0. The summed E-state index contributed by atoms with van der Waals surface area (Å²) >= 11 is 0. The van der Waals surface area contributed by atoms with Crippen LogP contribution in [0.1, 0.15) is 5.69 Å². The highest BCUT2D eigenvalue weighted by Crippen LogP contribution is 2.32. The zero-order chi connectivity index (χ0) is 11.9. The third kappa shape index (κ3) is 2.74. The lowest BCUT2D eigenvalue weighted by molar-refractivity contribution is -0.140. The molecule has 0 fully saturated rings. The number of alkyl halides is 6. The lowest BCUT2D eigenvalue weighted by Crippen LogP contribution is -2.15. The molecular weight excluding hydrogens is 248 g/mol. The molecule has 0 aliphatic rings. The largest absolute Gasteiger partial charge is 0.475 e.